The molecule has 3 heteroatoms. The molecule has 0 aliphatic carbocycles. The number of nitrogens with zero attached hydrogens (tertiary/aromatic N) is 2. The Morgan fingerprint density at radius 1 is 0.905 bits per heavy atom. The average molecular weight is 296 g/mol. The molecule has 3 nitrogen and oxygen atoms in total. The highest BCUT2D eigenvalue weighted by Crippen LogP contribution is 2.32. The van der Waals surface area contributed by atoms with E-state index in [9.17, 15) is 5.11 Å². The molecule has 124 valence electrons. The van der Waals surface area contributed by atoms with E-state index in [0.29, 0.717) is 12.1 Å². The van der Waals surface area contributed by atoms with Crippen LogP contribution in [0.3, 0.4) is 0 Å². The van der Waals surface area contributed by atoms with Crippen molar-refractivity contribution in [3.8, 4) is 0 Å². The van der Waals surface area contributed by atoms with E-state index < -0.39 is 0 Å². The van der Waals surface area contributed by atoms with Gasteiger partial charge in [0.05, 0.1) is 5.60 Å². The molecule has 1 N–H and O–H groups in total. The van der Waals surface area contributed by atoms with Gasteiger partial charge < -0.3 is 14.9 Å². The van der Waals surface area contributed by atoms with Crippen LogP contribution < -0.4 is 0 Å². The van der Waals surface area contributed by atoms with Crippen molar-refractivity contribution in [1.82, 2.24) is 9.80 Å². The van der Waals surface area contributed by atoms with Crippen molar-refractivity contribution in [2.75, 3.05) is 26.2 Å². The van der Waals surface area contributed by atoms with E-state index in [1.165, 1.54) is 32.4 Å². The topological polar surface area (TPSA) is 26.7 Å². The van der Waals surface area contributed by atoms with E-state index in [-0.39, 0.29) is 5.60 Å². The van der Waals surface area contributed by atoms with Crippen molar-refractivity contribution in [2.24, 2.45) is 5.92 Å². The second-order valence-corrected chi connectivity index (χ2v) is 7.97. The molecule has 2 aliphatic rings. The van der Waals surface area contributed by atoms with Gasteiger partial charge in [-0.05, 0) is 85.2 Å². The Kier molecular flexibility index (Phi) is 6.10. The summed E-state index contributed by atoms with van der Waals surface area (Å²) in [5.74, 6) is 0.840. The van der Waals surface area contributed by atoms with Gasteiger partial charge in [0, 0.05) is 25.2 Å². The van der Waals surface area contributed by atoms with Gasteiger partial charge in [0.1, 0.15) is 0 Å². The van der Waals surface area contributed by atoms with Crippen molar-refractivity contribution in [1.29, 1.82) is 0 Å². The van der Waals surface area contributed by atoms with Crippen LogP contribution >= 0.6 is 0 Å². The fourth-order valence-electron chi connectivity index (χ4n) is 3.94. The minimum absolute atomic E-state index is 0.374. The van der Waals surface area contributed by atoms with Crippen molar-refractivity contribution in [3.63, 3.8) is 0 Å². The zero-order valence-corrected chi connectivity index (χ0v) is 14.6. The smallest absolute Gasteiger partial charge is 0.0672 e. The van der Waals surface area contributed by atoms with Crippen LogP contribution in [0.15, 0.2) is 0 Å². The lowest BCUT2D eigenvalue weighted by atomic mass is 9.82. The van der Waals surface area contributed by atoms with E-state index in [0.717, 1.165) is 38.3 Å². The highest BCUT2D eigenvalue weighted by Gasteiger charge is 2.33. The Labute approximate surface area is 131 Å². The summed E-state index contributed by atoms with van der Waals surface area (Å²) in [4.78, 5) is 5.09. The lowest BCUT2D eigenvalue weighted by Gasteiger charge is -2.41. The van der Waals surface area contributed by atoms with Crippen LogP contribution in [0.1, 0.15) is 66.2 Å². The second kappa shape index (κ2) is 7.43. The van der Waals surface area contributed by atoms with Crippen LogP contribution in [0.5, 0.6) is 0 Å². The normalized spacial score (nSPS) is 25.9. The number of hydrogen-bond acceptors (Lipinski definition) is 3. The third-order valence-electron chi connectivity index (χ3n) is 5.86. The van der Waals surface area contributed by atoms with Gasteiger partial charge in [-0.3, -0.25) is 0 Å². The van der Waals surface area contributed by atoms with Gasteiger partial charge in [-0.15, -0.1) is 0 Å². The Hall–Kier alpha value is -0.120. The minimum atomic E-state index is -0.374. The Morgan fingerprint density at radius 2 is 1.38 bits per heavy atom. The molecule has 0 radical (unpaired) electrons. The SMILES string of the molecule is CC(C)N1CCC(CCC2(O)CCN(C(C)C)CC2)CC1. The maximum Gasteiger partial charge on any atom is 0.0672 e. The van der Waals surface area contributed by atoms with Gasteiger partial charge in [-0.25, -0.2) is 0 Å². The summed E-state index contributed by atoms with van der Waals surface area (Å²) in [6, 6.07) is 1.31. The van der Waals surface area contributed by atoms with Crippen LogP contribution in [-0.4, -0.2) is 58.8 Å². The van der Waals surface area contributed by atoms with Crippen molar-refractivity contribution in [2.45, 2.75) is 83.9 Å². The molecule has 2 saturated heterocycles. The third kappa shape index (κ3) is 4.94. The summed E-state index contributed by atoms with van der Waals surface area (Å²) in [5.41, 5.74) is -0.374. The first kappa shape index (κ1) is 17.2. The van der Waals surface area contributed by atoms with Crippen LogP contribution in [0.4, 0.5) is 0 Å². The molecule has 0 aromatic rings. The van der Waals surface area contributed by atoms with E-state index in [1.54, 1.807) is 0 Å². The summed E-state index contributed by atoms with van der Waals surface area (Å²) in [6.07, 6.45) is 6.83. The molecule has 0 aromatic carbocycles. The van der Waals surface area contributed by atoms with Gasteiger partial charge in [-0.1, -0.05) is 0 Å². The molecular weight excluding hydrogens is 260 g/mol. The molecule has 0 unspecified atom stereocenters. The number of likely N-dealkylation sites (tertiary alicyclic amines) is 2. The largest absolute Gasteiger partial charge is 0.390 e. The molecule has 2 rings (SSSR count). The van der Waals surface area contributed by atoms with Crippen LogP contribution in [0.25, 0.3) is 0 Å². The quantitative estimate of drug-likeness (QED) is 0.844. The van der Waals surface area contributed by atoms with Crippen LogP contribution in [-0.2, 0) is 0 Å². The van der Waals surface area contributed by atoms with E-state index in [1.807, 2.05) is 0 Å². The number of aliphatic hydroxyl groups is 1. The number of hydrogen-bond donors (Lipinski definition) is 1. The summed E-state index contributed by atoms with van der Waals surface area (Å²) >= 11 is 0. The van der Waals surface area contributed by atoms with E-state index >= 15 is 0 Å². The molecule has 0 aromatic heterocycles. The van der Waals surface area contributed by atoms with Crippen molar-refractivity contribution in [3.05, 3.63) is 0 Å². The highest BCUT2D eigenvalue weighted by molar-refractivity contribution is 4.88. The average Bonchev–Trinajstić information content (AvgIpc) is 2.46. The fraction of sp³-hybridized carbons (Fsp3) is 1.00. The molecule has 0 bridgehead atoms. The summed E-state index contributed by atoms with van der Waals surface area (Å²) in [7, 11) is 0. The maximum atomic E-state index is 10.8. The number of rotatable bonds is 5. The van der Waals surface area contributed by atoms with Gasteiger partial charge in [0.15, 0.2) is 0 Å². The summed E-state index contributed by atoms with van der Waals surface area (Å²) < 4.78 is 0. The predicted molar refractivity (Wildman–Crippen MR) is 89.6 cm³/mol. The molecule has 2 heterocycles. The Bertz CT molecular complexity index is 300. The molecule has 2 fully saturated rings. The lowest BCUT2D eigenvalue weighted by molar-refractivity contribution is -0.0393. The first-order valence-electron chi connectivity index (χ1n) is 9.10. The predicted octanol–water partition coefficient (Wildman–Crippen LogP) is 3.12. The van der Waals surface area contributed by atoms with Gasteiger partial charge in [0.2, 0.25) is 0 Å². The third-order valence-corrected chi connectivity index (χ3v) is 5.86. The fourth-order valence-corrected chi connectivity index (χ4v) is 3.94. The molecule has 0 amide bonds. The standard InChI is InChI=1S/C18H36N2O/c1-15(2)19-11-6-17(7-12-19)5-8-18(21)9-13-20(14-10-18)16(3)4/h15-17,21H,5-14H2,1-4H3. The molecule has 21 heavy (non-hydrogen) atoms. The highest BCUT2D eigenvalue weighted by atomic mass is 16.3. The van der Waals surface area contributed by atoms with Gasteiger partial charge >= 0.3 is 0 Å². The zero-order chi connectivity index (χ0) is 15.5. The van der Waals surface area contributed by atoms with Gasteiger partial charge in [-0.2, -0.15) is 0 Å². The van der Waals surface area contributed by atoms with Crippen molar-refractivity contribution >= 4 is 0 Å². The monoisotopic (exact) mass is 296 g/mol. The second-order valence-electron chi connectivity index (χ2n) is 7.97. The molecule has 0 spiro atoms. The van der Waals surface area contributed by atoms with Crippen molar-refractivity contribution < 1.29 is 5.11 Å². The minimum Gasteiger partial charge on any atom is -0.390 e. The number of piperidine rings is 2. The molecular formula is C18H36N2O. The maximum absolute atomic E-state index is 10.8. The molecule has 2 aliphatic heterocycles. The molecule has 0 saturated carbocycles. The first-order chi connectivity index (χ1) is 9.89. The summed E-state index contributed by atoms with van der Waals surface area (Å²) in [6.45, 7) is 13.8. The zero-order valence-electron chi connectivity index (χ0n) is 14.6. The van der Waals surface area contributed by atoms with Crippen LogP contribution in [0.2, 0.25) is 0 Å². The van der Waals surface area contributed by atoms with Crippen LogP contribution in [0, 0.1) is 5.92 Å². The molecule has 0 atom stereocenters. The Balaban J connectivity index is 1.69. The first-order valence-corrected chi connectivity index (χ1v) is 9.10. The lowest BCUT2D eigenvalue weighted by Crippen LogP contribution is -2.47. The Morgan fingerprint density at radius 3 is 1.86 bits per heavy atom. The van der Waals surface area contributed by atoms with E-state index in [4.69, 9.17) is 0 Å². The summed E-state index contributed by atoms with van der Waals surface area (Å²) in [5, 5.41) is 10.8. The van der Waals surface area contributed by atoms with Gasteiger partial charge in [0.25, 0.3) is 0 Å². The van der Waals surface area contributed by atoms with E-state index in [2.05, 4.69) is 37.5 Å².